The number of hydrogen-bond donors (Lipinski definition) is 2. The van der Waals surface area contributed by atoms with Gasteiger partial charge < -0.3 is 20.5 Å². The lowest BCUT2D eigenvalue weighted by molar-refractivity contribution is -0.190. The van der Waals surface area contributed by atoms with E-state index in [1.165, 1.54) is 12.8 Å². The van der Waals surface area contributed by atoms with Gasteiger partial charge in [-0.05, 0) is 25.2 Å². The van der Waals surface area contributed by atoms with Crippen LogP contribution in [0.15, 0.2) is 4.99 Å². The second-order valence-corrected chi connectivity index (χ2v) is 6.15. The minimum atomic E-state index is -0.322. The average molecular weight is 283 g/mol. The van der Waals surface area contributed by atoms with Gasteiger partial charge in [0.2, 0.25) is 0 Å². The molecule has 0 aromatic heterocycles. The van der Waals surface area contributed by atoms with E-state index >= 15 is 0 Å². The summed E-state index contributed by atoms with van der Waals surface area (Å²) in [7, 11) is 0. The van der Waals surface area contributed by atoms with Crippen molar-refractivity contribution in [2.45, 2.75) is 64.3 Å². The van der Waals surface area contributed by atoms with Crippen molar-refractivity contribution in [1.82, 2.24) is 5.32 Å². The van der Waals surface area contributed by atoms with E-state index in [4.69, 9.17) is 15.2 Å². The van der Waals surface area contributed by atoms with E-state index in [-0.39, 0.29) is 11.9 Å². The summed E-state index contributed by atoms with van der Waals surface area (Å²) < 4.78 is 12.0. The van der Waals surface area contributed by atoms with Crippen LogP contribution < -0.4 is 11.1 Å². The third-order valence-corrected chi connectivity index (χ3v) is 4.25. The van der Waals surface area contributed by atoms with Crippen LogP contribution in [0.25, 0.3) is 0 Å². The average Bonchev–Trinajstić information content (AvgIpc) is 2.84. The Hall–Kier alpha value is -0.810. The van der Waals surface area contributed by atoms with Crippen molar-refractivity contribution in [2.24, 2.45) is 16.6 Å². The highest BCUT2D eigenvalue weighted by Gasteiger charge is 2.43. The molecule has 1 unspecified atom stereocenters. The summed E-state index contributed by atoms with van der Waals surface area (Å²) in [6.45, 7) is 6.56. The fourth-order valence-corrected chi connectivity index (χ4v) is 2.82. The molecular formula is C15H29N3O2. The Morgan fingerprint density at radius 3 is 2.85 bits per heavy atom. The molecule has 1 saturated heterocycles. The normalized spacial score (nSPS) is 34.6. The van der Waals surface area contributed by atoms with Crippen LogP contribution in [0.2, 0.25) is 0 Å². The Bertz CT molecular complexity index is 325. The highest BCUT2D eigenvalue weighted by molar-refractivity contribution is 5.77. The Balaban J connectivity index is 1.72. The van der Waals surface area contributed by atoms with E-state index in [2.05, 4.69) is 24.2 Å². The lowest BCUT2D eigenvalue weighted by atomic mass is 9.86. The Morgan fingerprint density at radius 2 is 2.15 bits per heavy atom. The molecule has 1 heterocycles. The molecule has 1 saturated carbocycles. The summed E-state index contributed by atoms with van der Waals surface area (Å²) in [6.07, 6.45) is 6.72. The molecule has 116 valence electrons. The number of guanidine groups is 1. The maximum absolute atomic E-state index is 6.10. The molecular weight excluding hydrogens is 254 g/mol. The van der Waals surface area contributed by atoms with Crippen LogP contribution in [-0.2, 0) is 9.47 Å². The number of nitrogens with one attached hydrogen (secondary N) is 1. The van der Waals surface area contributed by atoms with Crippen LogP contribution in [0, 0.1) is 5.92 Å². The van der Waals surface area contributed by atoms with Gasteiger partial charge in [-0.2, -0.15) is 0 Å². The quantitative estimate of drug-likeness (QED) is 0.460. The van der Waals surface area contributed by atoms with Crippen LogP contribution in [0.4, 0.5) is 0 Å². The standard InChI is InChI=1S/C15H29N3O2/c1-3-4-9-17-14(16)18-10-13-11-19-15(20-13)7-5-12(2)6-8-15/h12-13H,3-11H2,1-2H3,(H3,16,17,18). The molecule has 5 nitrogen and oxygen atoms in total. The monoisotopic (exact) mass is 283 g/mol. The Kier molecular flexibility index (Phi) is 5.66. The smallest absolute Gasteiger partial charge is 0.188 e. The highest BCUT2D eigenvalue weighted by atomic mass is 16.7. The van der Waals surface area contributed by atoms with Gasteiger partial charge in [-0.25, -0.2) is 0 Å². The third-order valence-electron chi connectivity index (χ3n) is 4.25. The van der Waals surface area contributed by atoms with E-state index in [0.29, 0.717) is 19.1 Å². The van der Waals surface area contributed by atoms with E-state index < -0.39 is 0 Å². The van der Waals surface area contributed by atoms with Crippen LogP contribution in [-0.4, -0.2) is 37.5 Å². The number of nitrogens with zero attached hydrogens (tertiary/aromatic N) is 1. The molecule has 3 N–H and O–H groups in total. The zero-order chi connectivity index (χ0) is 14.4. The van der Waals surface area contributed by atoms with E-state index in [1.54, 1.807) is 0 Å². The molecule has 2 rings (SSSR count). The van der Waals surface area contributed by atoms with Crippen molar-refractivity contribution in [2.75, 3.05) is 19.7 Å². The predicted octanol–water partition coefficient (Wildman–Crippen LogP) is 2.01. The first kappa shape index (κ1) is 15.6. The first-order chi connectivity index (χ1) is 9.63. The van der Waals surface area contributed by atoms with Crippen molar-refractivity contribution in [3.05, 3.63) is 0 Å². The van der Waals surface area contributed by atoms with Crippen molar-refractivity contribution >= 4 is 5.96 Å². The van der Waals surface area contributed by atoms with Gasteiger partial charge in [0.15, 0.2) is 11.7 Å². The lowest BCUT2D eigenvalue weighted by Crippen LogP contribution is -2.36. The van der Waals surface area contributed by atoms with Crippen molar-refractivity contribution < 1.29 is 9.47 Å². The molecule has 0 radical (unpaired) electrons. The molecule has 1 aliphatic carbocycles. The van der Waals surface area contributed by atoms with Crippen LogP contribution in [0.5, 0.6) is 0 Å². The van der Waals surface area contributed by atoms with Crippen molar-refractivity contribution in [3.63, 3.8) is 0 Å². The second kappa shape index (κ2) is 7.27. The van der Waals surface area contributed by atoms with Gasteiger partial charge in [0, 0.05) is 19.4 Å². The van der Waals surface area contributed by atoms with Crippen molar-refractivity contribution in [3.8, 4) is 0 Å². The Labute approximate surface area is 122 Å². The lowest BCUT2D eigenvalue weighted by Gasteiger charge is -2.34. The van der Waals surface area contributed by atoms with Gasteiger partial charge in [0.05, 0.1) is 13.2 Å². The molecule has 1 atom stereocenters. The van der Waals surface area contributed by atoms with Gasteiger partial charge in [-0.3, -0.25) is 4.99 Å². The number of rotatable bonds is 5. The van der Waals surface area contributed by atoms with Gasteiger partial charge in [0.25, 0.3) is 0 Å². The molecule has 1 spiro atoms. The summed E-state index contributed by atoms with van der Waals surface area (Å²) in [5.41, 5.74) is 5.82. The second-order valence-electron chi connectivity index (χ2n) is 6.15. The molecule has 20 heavy (non-hydrogen) atoms. The van der Waals surface area contributed by atoms with Gasteiger partial charge >= 0.3 is 0 Å². The van der Waals surface area contributed by atoms with E-state index in [9.17, 15) is 0 Å². The number of hydrogen-bond acceptors (Lipinski definition) is 3. The summed E-state index contributed by atoms with van der Waals surface area (Å²) >= 11 is 0. The number of unbranched alkanes of at least 4 members (excludes halogenated alkanes) is 1. The molecule has 1 aliphatic heterocycles. The Morgan fingerprint density at radius 1 is 1.40 bits per heavy atom. The highest BCUT2D eigenvalue weighted by Crippen LogP contribution is 2.39. The molecule has 0 amide bonds. The van der Waals surface area contributed by atoms with Crippen molar-refractivity contribution in [1.29, 1.82) is 0 Å². The summed E-state index contributed by atoms with van der Waals surface area (Å²) in [6, 6.07) is 0. The molecule has 2 fully saturated rings. The minimum Gasteiger partial charge on any atom is -0.370 e. The molecule has 0 aromatic rings. The van der Waals surface area contributed by atoms with Gasteiger partial charge in [-0.1, -0.05) is 20.3 Å². The maximum atomic E-state index is 6.10. The van der Waals surface area contributed by atoms with Gasteiger partial charge in [0.1, 0.15) is 6.10 Å². The zero-order valence-corrected chi connectivity index (χ0v) is 12.9. The first-order valence-corrected chi connectivity index (χ1v) is 7.99. The molecule has 0 aromatic carbocycles. The molecule has 5 heteroatoms. The fourth-order valence-electron chi connectivity index (χ4n) is 2.82. The topological polar surface area (TPSA) is 68.9 Å². The minimum absolute atomic E-state index is 0.0509. The summed E-state index contributed by atoms with van der Waals surface area (Å²) in [5, 5.41) is 3.12. The van der Waals surface area contributed by atoms with E-state index in [1.807, 2.05) is 0 Å². The first-order valence-electron chi connectivity index (χ1n) is 7.99. The maximum Gasteiger partial charge on any atom is 0.188 e. The number of ether oxygens (including phenoxy) is 2. The summed E-state index contributed by atoms with van der Waals surface area (Å²) in [4.78, 5) is 4.35. The van der Waals surface area contributed by atoms with Crippen LogP contribution in [0.3, 0.4) is 0 Å². The number of aliphatic imine (C=N–C) groups is 1. The van der Waals surface area contributed by atoms with Crippen LogP contribution >= 0.6 is 0 Å². The van der Waals surface area contributed by atoms with Gasteiger partial charge in [-0.15, -0.1) is 0 Å². The zero-order valence-electron chi connectivity index (χ0n) is 12.9. The molecule has 0 bridgehead atoms. The largest absolute Gasteiger partial charge is 0.370 e. The third kappa shape index (κ3) is 4.35. The number of nitrogens with two attached hydrogens (primary N) is 1. The van der Waals surface area contributed by atoms with E-state index in [0.717, 1.165) is 38.1 Å². The summed E-state index contributed by atoms with van der Waals surface area (Å²) in [5.74, 6) is 0.987. The van der Waals surface area contributed by atoms with Crippen LogP contribution in [0.1, 0.15) is 52.4 Å². The molecule has 2 aliphatic rings. The fraction of sp³-hybridized carbons (Fsp3) is 0.933. The predicted molar refractivity (Wildman–Crippen MR) is 80.6 cm³/mol. The SMILES string of the molecule is CCCCNC(N)=NCC1COC2(CCC(C)CC2)O1.